The van der Waals surface area contributed by atoms with E-state index in [1.54, 1.807) is 12.4 Å². The zero-order valence-corrected chi connectivity index (χ0v) is 9.39. The zero-order valence-electron chi connectivity index (χ0n) is 9.39. The molecule has 0 aliphatic heterocycles. The molecule has 0 amide bonds. The summed E-state index contributed by atoms with van der Waals surface area (Å²) in [6.07, 6.45) is 8.91. The molecule has 1 saturated carbocycles. The van der Waals surface area contributed by atoms with E-state index in [1.807, 2.05) is 12.1 Å². The number of esters is 1. The first-order valence-corrected chi connectivity index (χ1v) is 5.89. The van der Waals surface area contributed by atoms with Gasteiger partial charge in [0.15, 0.2) is 0 Å². The van der Waals surface area contributed by atoms with E-state index in [9.17, 15) is 4.79 Å². The maximum Gasteiger partial charge on any atom is 0.306 e. The van der Waals surface area contributed by atoms with Crippen LogP contribution in [0.3, 0.4) is 0 Å². The fourth-order valence-corrected chi connectivity index (χ4v) is 2.16. The molecule has 16 heavy (non-hydrogen) atoms. The number of ether oxygens (including phenoxy) is 1. The second-order valence-corrected chi connectivity index (χ2v) is 4.38. The average Bonchev–Trinajstić information content (AvgIpc) is 2.81. The lowest BCUT2D eigenvalue weighted by Crippen LogP contribution is -2.09. The third-order valence-corrected chi connectivity index (χ3v) is 3.05. The van der Waals surface area contributed by atoms with Crippen LogP contribution in [-0.2, 0) is 16.1 Å². The zero-order chi connectivity index (χ0) is 11.2. The van der Waals surface area contributed by atoms with Crippen LogP contribution in [-0.4, -0.2) is 11.0 Å². The van der Waals surface area contributed by atoms with Crippen molar-refractivity contribution in [2.45, 2.75) is 38.7 Å². The Labute approximate surface area is 95.8 Å². The molecule has 2 rings (SSSR count). The molecule has 0 aromatic carbocycles. The molecule has 0 unspecified atom stereocenters. The topological polar surface area (TPSA) is 39.2 Å². The van der Waals surface area contributed by atoms with Crippen LogP contribution in [0.5, 0.6) is 0 Å². The van der Waals surface area contributed by atoms with Gasteiger partial charge in [0.25, 0.3) is 0 Å². The number of hydrogen-bond acceptors (Lipinski definition) is 3. The van der Waals surface area contributed by atoms with Gasteiger partial charge >= 0.3 is 5.97 Å². The second-order valence-electron chi connectivity index (χ2n) is 4.38. The first-order chi connectivity index (χ1) is 7.84. The standard InChI is InChI=1S/C13H17NO2/c15-13(8-11-4-1-2-5-11)16-10-12-6-3-7-14-9-12/h3,6-7,9,11H,1-2,4-5,8,10H2. The van der Waals surface area contributed by atoms with Gasteiger partial charge in [0.2, 0.25) is 0 Å². The minimum Gasteiger partial charge on any atom is -0.461 e. The predicted octanol–water partition coefficient (Wildman–Crippen LogP) is 2.71. The summed E-state index contributed by atoms with van der Waals surface area (Å²) in [4.78, 5) is 15.5. The Hall–Kier alpha value is -1.38. The fourth-order valence-electron chi connectivity index (χ4n) is 2.16. The Bertz CT molecular complexity index is 331. The van der Waals surface area contributed by atoms with Crippen LogP contribution < -0.4 is 0 Å². The maximum absolute atomic E-state index is 11.5. The largest absolute Gasteiger partial charge is 0.461 e. The number of carbonyl (C=O) groups is 1. The van der Waals surface area contributed by atoms with Crippen molar-refractivity contribution >= 4 is 5.97 Å². The Kier molecular flexibility index (Phi) is 3.91. The SMILES string of the molecule is O=C(CC1CCCC1)OCc1cccnc1. The Morgan fingerprint density at radius 2 is 2.25 bits per heavy atom. The molecular formula is C13H17NO2. The van der Waals surface area contributed by atoms with E-state index < -0.39 is 0 Å². The van der Waals surface area contributed by atoms with Crippen molar-refractivity contribution in [2.75, 3.05) is 0 Å². The summed E-state index contributed by atoms with van der Waals surface area (Å²) in [5.74, 6) is 0.483. The normalized spacial score (nSPS) is 16.2. The molecule has 0 radical (unpaired) electrons. The molecule has 0 atom stereocenters. The number of hydrogen-bond donors (Lipinski definition) is 0. The first kappa shape index (κ1) is 11.1. The Balaban J connectivity index is 1.71. The van der Waals surface area contributed by atoms with Gasteiger partial charge in [0, 0.05) is 24.4 Å². The highest BCUT2D eigenvalue weighted by atomic mass is 16.5. The monoisotopic (exact) mass is 219 g/mol. The Morgan fingerprint density at radius 3 is 2.94 bits per heavy atom. The summed E-state index contributed by atoms with van der Waals surface area (Å²) >= 11 is 0. The van der Waals surface area contributed by atoms with Crippen molar-refractivity contribution in [2.24, 2.45) is 5.92 Å². The summed E-state index contributed by atoms with van der Waals surface area (Å²) in [5.41, 5.74) is 0.947. The van der Waals surface area contributed by atoms with E-state index >= 15 is 0 Å². The predicted molar refractivity (Wildman–Crippen MR) is 60.6 cm³/mol. The molecule has 0 saturated heterocycles. The molecule has 1 aliphatic carbocycles. The van der Waals surface area contributed by atoms with Crippen LogP contribution in [0.4, 0.5) is 0 Å². The summed E-state index contributed by atoms with van der Waals surface area (Å²) in [5, 5.41) is 0. The highest BCUT2D eigenvalue weighted by Gasteiger charge is 2.19. The smallest absolute Gasteiger partial charge is 0.306 e. The van der Waals surface area contributed by atoms with Crippen LogP contribution in [0.25, 0.3) is 0 Å². The molecule has 1 fully saturated rings. The van der Waals surface area contributed by atoms with Crippen molar-refractivity contribution in [3.8, 4) is 0 Å². The number of rotatable bonds is 4. The van der Waals surface area contributed by atoms with Crippen LogP contribution in [0.2, 0.25) is 0 Å². The van der Waals surface area contributed by atoms with Crippen LogP contribution in [0.15, 0.2) is 24.5 Å². The third kappa shape index (κ3) is 3.33. The van der Waals surface area contributed by atoms with Crippen molar-refractivity contribution in [1.29, 1.82) is 0 Å². The molecule has 1 aromatic heterocycles. The Morgan fingerprint density at radius 1 is 1.44 bits per heavy atom. The summed E-state index contributed by atoms with van der Waals surface area (Å²) < 4.78 is 5.21. The number of aromatic nitrogens is 1. The van der Waals surface area contributed by atoms with Gasteiger partial charge in [-0.2, -0.15) is 0 Å². The molecule has 1 aromatic rings. The van der Waals surface area contributed by atoms with Gasteiger partial charge in [-0.05, 0) is 24.8 Å². The van der Waals surface area contributed by atoms with E-state index in [2.05, 4.69) is 4.98 Å². The number of carbonyl (C=O) groups excluding carboxylic acids is 1. The number of pyridine rings is 1. The van der Waals surface area contributed by atoms with Crippen molar-refractivity contribution in [1.82, 2.24) is 4.98 Å². The molecule has 0 spiro atoms. The summed E-state index contributed by atoms with van der Waals surface area (Å²) in [7, 11) is 0. The van der Waals surface area contributed by atoms with Gasteiger partial charge in [-0.1, -0.05) is 18.9 Å². The lowest BCUT2D eigenvalue weighted by atomic mass is 10.0. The van der Waals surface area contributed by atoms with Gasteiger partial charge in [0.1, 0.15) is 6.61 Å². The minimum absolute atomic E-state index is 0.0734. The van der Waals surface area contributed by atoms with Crippen molar-refractivity contribution in [3.63, 3.8) is 0 Å². The summed E-state index contributed by atoms with van der Waals surface area (Å²) in [6.45, 7) is 0.347. The van der Waals surface area contributed by atoms with Gasteiger partial charge < -0.3 is 4.74 Å². The van der Waals surface area contributed by atoms with Crippen LogP contribution >= 0.6 is 0 Å². The third-order valence-electron chi connectivity index (χ3n) is 3.05. The second kappa shape index (κ2) is 5.64. The van der Waals surface area contributed by atoms with Crippen molar-refractivity contribution < 1.29 is 9.53 Å². The quantitative estimate of drug-likeness (QED) is 0.731. The van der Waals surface area contributed by atoms with Gasteiger partial charge in [0.05, 0.1) is 0 Å². The summed E-state index contributed by atoms with van der Waals surface area (Å²) in [6, 6.07) is 3.76. The van der Waals surface area contributed by atoms with Gasteiger partial charge in [-0.25, -0.2) is 0 Å². The molecule has 0 bridgehead atoms. The fraction of sp³-hybridized carbons (Fsp3) is 0.538. The van der Waals surface area contributed by atoms with E-state index in [0.717, 1.165) is 5.56 Å². The molecule has 0 N–H and O–H groups in total. The lowest BCUT2D eigenvalue weighted by molar-refractivity contribution is -0.146. The van der Waals surface area contributed by atoms with E-state index in [1.165, 1.54) is 25.7 Å². The molecule has 86 valence electrons. The molecule has 3 nitrogen and oxygen atoms in total. The number of nitrogens with zero attached hydrogens (tertiary/aromatic N) is 1. The molecular weight excluding hydrogens is 202 g/mol. The molecule has 3 heteroatoms. The van der Waals surface area contributed by atoms with E-state index in [0.29, 0.717) is 18.9 Å². The lowest BCUT2D eigenvalue weighted by Gasteiger charge is -2.08. The molecule has 1 aliphatic rings. The van der Waals surface area contributed by atoms with Gasteiger partial charge in [-0.15, -0.1) is 0 Å². The van der Waals surface area contributed by atoms with Crippen molar-refractivity contribution in [3.05, 3.63) is 30.1 Å². The first-order valence-electron chi connectivity index (χ1n) is 5.89. The highest BCUT2D eigenvalue weighted by Crippen LogP contribution is 2.27. The van der Waals surface area contributed by atoms with E-state index in [4.69, 9.17) is 4.74 Å². The minimum atomic E-state index is -0.0734. The highest BCUT2D eigenvalue weighted by molar-refractivity contribution is 5.69. The van der Waals surface area contributed by atoms with Crippen LogP contribution in [0.1, 0.15) is 37.7 Å². The van der Waals surface area contributed by atoms with Crippen LogP contribution in [0, 0.1) is 5.92 Å². The molecule has 1 heterocycles. The average molecular weight is 219 g/mol. The maximum atomic E-state index is 11.5. The van der Waals surface area contributed by atoms with E-state index in [-0.39, 0.29) is 5.97 Å². The van der Waals surface area contributed by atoms with Gasteiger partial charge in [-0.3, -0.25) is 9.78 Å².